The van der Waals surface area contributed by atoms with Gasteiger partial charge < -0.3 is 9.47 Å². The van der Waals surface area contributed by atoms with E-state index in [1.807, 2.05) is 12.1 Å². The molecule has 20 heavy (non-hydrogen) atoms. The van der Waals surface area contributed by atoms with Crippen molar-refractivity contribution in [3.8, 4) is 11.5 Å². The van der Waals surface area contributed by atoms with E-state index in [-0.39, 0.29) is 18.9 Å². The fourth-order valence-electron chi connectivity index (χ4n) is 1.44. The Kier molecular flexibility index (Phi) is 10.5. The maximum absolute atomic E-state index is 5.69. The monoisotopic (exact) mass is 334 g/mol. The van der Waals surface area contributed by atoms with Crippen molar-refractivity contribution in [1.29, 1.82) is 0 Å². The van der Waals surface area contributed by atoms with E-state index in [9.17, 15) is 0 Å². The van der Waals surface area contributed by atoms with E-state index in [2.05, 4.69) is 49.7 Å². The molecule has 0 fully saturated rings. The molecular weight excluding hydrogens is 311 g/mol. The number of halogens is 1. The van der Waals surface area contributed by atoms with Gasteiger partial charge in [0.2, 0.25) is 0 Å². The maximum Gasteiger partial charge on any atom is 1.00 e. The quantitative estimate of drug-likeness (QED) is 0.535. The summed E-state index contributed by atoms with van der Waals surface area (Å²) in [7, 11) is 0. The molecule has 0 unspecified atom stereocenters. The van der Waals surface area contributed by atoms with Crippen LogP contribution in [0.4, 0.5) is 0 Å². The van der Waals surface area contributed by atoms with Crippen molar-refractivity contribution < 1.29 is 28.3 Å². The smallest absolute Gasteiger partial charge is 0.551 e. The number of hydrogen-bond donors (Lipinski definition) is 0. The second-order valence-electron chi connectivity index (χ2n) is 5.57. The minimum atomic E-state index is 0. The fraction of sp³-hybridized carbons (Fsp3) is 0.625. The molecule has 0 saturated heterocycles. The first-order valence-electron chi connectivity index (χ1n) is 6.96. The van der Waals surface area contributed by atoms with Crippen LogP contribution in [0.2, 0.25) is 0 Å². The minimum Gasteiger partial charge on any atom is -0.551 e. The molecule has 2 nitrogen and oxygen atoms in total. The Labute approximate surface area is 143 Å². The zero-order valence-electron chi connectivity index (χ0n) is 13.3. The number of ether oxygens (including phenoxy) is 2. The zero-order chi connectivity index (χ0) is 14.3. The molecule has 0 bridgehead atoms. The van der Waals surface area contributed by atoms with Crippen LogP contribution in [0.25, 0.3) is 0 Å². The van der Waals surface area contributed by atoms with Gasteiger partial charge in [0, 0.05) is 11.5 Å². The third-order valence-corrected chi connectivity index (χ3v) is 3.33. The number of rotatable bonds is 8. The minimum absolute atomic E-state index is 0. The van der Waals surface area contributed by atoms with Crippen molar-refractivity contribution in [3.05, 3.63) is 22.7 Å². The van der Waals surface area contributed by atoms with Gasteiger partial charge in [-0.05, 0) is 29.2 Å². The summed E-state index contributed by atoms with van der Waals surface area (Å²) >= 11 is 3.50. The second kappa shape index (κ2) is 10.6. The van der Waals surface area contributed by atoms with E-state index >= 15 is 0 Å². The van der Waals surface area contributed by atoms with Crippen molar-refractivity contribution in [2.75, 3.05) is 13.2 Å². The third-order valence-electron chi connectivity index (χ3n) is 2.74. The molecular formula is C16H24BrLiO2. The molecule has 0 N–H and O–H groups in total. The fourth-order valence-corrected chi connectivity index (χ4v) is 1.90. The molecule has 108 valence electrons. The number of benzene rings is 1. The second-order valence-corrected chi connectivity index (χ2v) is 6.43. The Balaban J connectivity index is 0.00000361. The van der Waals surface area contributed by atoms with Crippen LogP contribution in [0.3, 0.4) is 0 Å². The predicted molar refractivity (Wildman–Crippen MR) is 82.9 cm³/mol. The first-order valence-corrected chi connectivity index (χ1v) is 7.75. The van der Waals surface area contributed by atoms with Gasteiger partial charge in [0.1, 0.15) is 0 Å². The van der Waals surface area contributed by atoms with Crippen LogP contribution in [0, 0.1) is 17.9 Å². The average molecular weight is 335 g/mol. The first-order chi connectivity index (χ1) is 8.99. The van der Waals surface area contributed by atoms with Crippen LogP contribution in [-0.4, -0.2) is 13.2 Å². The molecule has 0 aliphatic carbocycles. The predicted octanol–water partition coefficient (Wildman–Crippen LogP) is 2.10. The molecule has 0 spiro atoms. The Hall–Kier alpha value is -0.103. The summed E-state index contributed by atoms with van der Waals surface area (Å²) in [6.45, 7) is 10.2. The first kappa shape index (κ1) is 19.9. The van der Waals surface area contributed by atoms with Crippen LogP contribution in [0.5, 0.6) is 11.5 Å². The molecule has 1 aromatic carbocycles. The van der Waals surface area contributed by atoms with Gasteiger partial charge in [-0.3, -0.25) is 0 Å². The molecule has 0 aliphatic heterocycles. The van der Waals surface area contributed by atoms with Gasteiger partial charge in [0.15, 0.2) is 0 Å². The van der Waals surface area contributed by atoms with E-state index in [0.717, 1.165) is 42.0 Å². The Morgan fingerprint density at radius 1 is 1.05 bits per heavy atom. The van der Waals surface area contributed by atoms with Crippen LogP contribution < -0.4 is 28.3 Å². The molecule has 0 aliphatic rings. The molecule has 0 radical (unpaired) electrons. The molecule has 0 aromatic heterocycles. The van der Waals surface area contributed by atoms with Crippen LogP contribution in [0.15, 0.2) is 16.6 Å². The standard InChI is InChI=1S/C16H24BrO2.Li/c1-12(2)7-9-18-14-5-6-16(15(17)11-14)19-10-8-13(3)4;/h5,11-13H,7-10H2,1-4H3;/q-1;+1. The molecule has 1 aromatic rings. The largest absolute Gasteiger partial charge is 1.00 e. The van der Waals surface area contributed by atoms with Crippen molar-refractivity contribution >= 4 is 15.9 Å². The summed E-state index contributed by atoms with van der Waals surface area (Å²) in [5.74, 6) is 2.91. The molecule has 1 rings (SSSR count). The van der Waals surface area contributed by atoms with Crippen molar-refractivity contribution in [2.45, 2.75) is 40.5 Å². The SMILES string of the molecule is CC(C)CCOc1c[c-]c(OCCC(C)C)c(Br)c1.[Li+]. The van der Waals surface area contributed by atoms with Crippen molar-refractivity contribution in [1.82, 2.24) is 0 Å². The van der Waals surface area contributed by atoms with Crippen LogP contribution in [0.1, 0.15) is 40.5 Å². The Morgan fingerprint density at radius 2 is 1.60 bits per heavy atom. The van der Waals surface area contributed by atoms with E-state index in [1.165, 1.54) is 0 Å². The molecule has 0 amide bonds. The summed E-state index contributed by atoms with van der Waals surface area (Å²) in [6.07, 6.45) is 2.11. The summed E-state index contributed by atoms with van der Waals surface area (Å²) in [6, 6.07) is 6.91. The van der Waals surface area contributed by atoms with Gasteiger partial charge in [0.05, 0.1) is 13.2 Å². The molecule has 4 heteroatoms. The van der Waals surface area contributed by atoms with E-state index in [1.54, 1.807) is 0 Å². The summed E-state index contributed by atoms with van der Waals surface area (Å²) in [4.78, 5) is 0. The zero-order valence-corrected chi connectivity index (χ0v) is 14.9. The summed E-state index contributed by atoms with van der Waals surface area (Å²) in [5.41, 5.74) is 0. The average Bonchev–Trinajstić information content (AvgIpc) is 2.31. The molecule has 0 saturated carbocycles. The number of hydrogen-bond acceptors (Lipinski definition) is 2. The maximum atomic E-state index is 5.69. The molecule has 0 heterocycles. The van der Waals surface area contributed by atoms with Crippen LogP contribution >= 0.6 is 15.9 Å². The van der Waals surface area contributed by atoms with Gasteiger partial charge in [-0.1, -0.05) is 27.7 Å². The summed E-state index contributed by atoms with van der Waals surface area (Å²) in [5, 5.41) is 0. The van der Waals surface area contributed by atoms with E-state index in [0.29, 0.717) is 11.8 Å². The van der Waals surface area contributed by atoms with E-state index in [4.69, 9.17) is 9.47 Å². The third kappa shape index (κ3) is 8.24. The van der Waals surface area contributed by atoms with Gasteiger partial charge in [0.25, 0.3) is 0 Å². The normalized spacial score (nSPS) is 10.6. The van der Waals surface area contributed by atoms with Gasteiger partial charge in [-0.25, -0.2) is 0 Å². The Bertz CT molecular complexity index is 381. The van der Waals surface area contributed by atoms with Gasteiger partial charge in [-0.15, -0.1) is 34.1 Å². The van der Waals surface area contributed by atoms with Gasteiger partial charge >= 0.3 is 18.9 Å². The van der Waals surface area contributed by atoms with Gasteiger partial charge in [-0.2, -0.15) is 0 Å². The topological polar surface area (TPSA) is 18.5 Å². The van der Waals surface area contributed by atoms with Crippen molar-refractivity contribution in [2.24, 2.45) is 11.8 Å². The summed E-state index contributed by atoms with van der Waals surface area (Å²) < 4.78 is 12.3. The molecule has 0 atom stereocenters. The van der Waals surface area contributed by atoms with Crippen LogP contribution in [-0.2, 0) is 0 Å². The van der Waals surface area contributed by atoms with Crippen molar-refractivity contribution in [3.63, 3.8) is 0 Å². The Morgan fingerprint density at radius 3 is 2.10 bits per heavy atom. The van der Waals surface area contributed by atoms with E-state index < -0.39 is 0 Å².